The molecular weight excluding hydrogens is 1550 g/mol. The number of anilines is 8. The van der Waals surface area contributed by atoms with E-state index in [0.29, 0.717) is 45.3 Å². The number of nitrogens with zero attached hydrogens (tertiary/aromatic N) is 4. The summed E-state index contributed by atoms with van der Waals surface area (Å²) in [5.41, 5.74) is 2.77. The van der Waals surface area contributed by atoms with E-state index in [1.54, 1.807) is 91.0 Å². The molecule has 8 amide bonds. The van der Waals surface area contributed by atoms with Gasteiger partial charge < -0.3 is 71.3 Å². The first-order chi connectivity index (χ1) is 57.0. The molecule has 0 radical (unpaired) electrons. The van der Waals surface area contributed by atoms with Crippen molar-refractivity contribution < 1.29 is 67.1 Å². The number of allylic oxidation sites excluding steroid dienone is 1. The maximum Gasteiger partial charge on any atom is 0.263 e. The Kier molecular flexibility index (Phi) is 24.2. The third kappa shape index (κ3) is 19.1. The molecule has 580 valence electrons. The third-order valence-electron chi connectivity index (χ3n) is 17.9. The molecule has 9 N–H and O–H groups in total. The van der Waals surface area contributed by atoms with Gasteiger partial charge in [0.1, 0.15) is 87.6 Å². The van der Waals surface area contributed by atoms with E-state index in [2.05, 4.69) is 91.6 Å². The van der Waals surface area contributed by atoms with Crippen LogP contribution < -0.4 is 66.2 Å². The number of nitrogens with one attached hydrogen (secondary N) is 8. The van der Waals surface area contributed by atoms with Crippen molar-refractivity contribution in [2.24, 2.45) is 0 Å². The van der Waals surface area contributed by atoms with Crippen molar-refractivity contribution in [2.75, 3.05) is 80.9 Å². The number of halogens is 1. The Morgan fingerprint density at radius 3 is 0.829 bits per heavy atom. The first-order valence-corrected chi connectivity index (χ1v) is 37.4. The molecule has 27 heteroatoms. The van der Waals surface area contributed by atoms with Gasteiger partial charge in [0.25, 0.3) is 47.3 Å². The van der Waals surface area contributed by atoms with Gasteiger partial charge in [0, 0.05) is 49.8 Å². The standard InChI is InChI=1S/C45H34N6O7.C42H30N6O7.C3H5Br/c1-2-21-56-31-23-29-22-30(24-31)45(55)51-39-16-8-14-37(47-39)49-41(53)26-58-35-20-18-28-10-4-6-12-33(28)43(35)42-32-11-5-3-9-27(32)17-19-34(42)57-25-40(52)48-36-13-7-15-38(46-36)50-44(29)54;49-28-20-26-19-27(21-28)42(53)48-36-14-6-12-34(44-36)46-38(51)23-55-32-18-16-25-8-2-4-10-30(25)40(32)39-29-9-3-1-7-24(29)15-17-31(39)54-22-37(50)45-33-11-5-13-35(43-33)47-41(26)52;1-2-3-4/h2-20,22-24H,1,21,25-26H2,(H2,46,48,50,52,54)(H2,47,49,51,53,55);1-21,49H,22-23H2,(H2,43,45,47,50,52)(H2,44,46,48,51,53);2H,1,3H2. The molecule has 26 nitrogen and oxygen atoms in total. The summed E-state index contributed by atoms with van der Waals surface area (Å²) >= 11 is 3.13. The van der Waals surface area contributed by atoms with Crippen LogP contribution in [0.4, 0.5) is 46.5 Å². The quantitative estimate of drug-likeness (QED) is 0.0584. The van der Waals surface area contributed by atoms with E-state index in [9.17, 15) is 43.5 Å². The minimum absolute atomic E-state index is 0.0331. The number of aromatic hydroxyl groups is 1. The van der Waals surface area contributed by atoms with Gasteiger partial charge in [-0.15, -0.1) is 6.58 Å². The monoisotopic (exact) mass is 1620 g/mol. The predicted octanol–water partition coefficient (Wildman–Crippen LogP) is 16.4. The zero-order valence-electron chi connectivity index (χ0n) is 62.0. The largest absolute Gasteiger partial charge is 0.508 e. The summed E-state index contributed by atoms with van der Waals surface area (Å²) in [6.45, 7) is 5.65. The number of rotatable bonds is 4. The molecule has 0 atom stereocenters. The van der Waals surface area contributed by atoms with Gasteiger partial charge in [-0.2, -0.15) is 0 Å². The van der Waals surface area contributed by atoms with Crippen LogP contribution in [0.3, 0.4) is 0 Å². The Morgan fingerprint density at radius 1 is 0.325 bits per heavy atom. The number of phenolic OH excluding ortho intramolecular Hbond substituents is 1. The van der Waals surface area contributed by atoms with Crippen molar-refractivity contribution in [1.29, 1.82) is 0 Å². The van der Waals surface area contributed by atoms with Gasteiger partial charge in [-0.25, -0.2) is 19.9 Å². The number of carbonyl (C=O) groups excluding carboxylic acids is 8. The lowest BCUT2D eigenvalue weighted by atomic mass is 9.92. The molecule has 0 spiro atoms. The van der Waals surface area contributed by atoms with Crippen molar-refractivity contribution in [3.8, 4) is 56.8 Å². The number of aromatic nitrogens is 4. The molecular formula is C90H69BrN12O14. The number of benzene rings is 10. The number of pyridine rings is 4. The Morgan fingerprint density at radius 2 is 0.573 bits per heavy atom. The molecule has 0 saturated carbocycles. The number of alkyl halides is 1. The second-order valence-electron chi connectivity index (χ2n) is 26.0. The van der Waals surface area contributed by atoms with Gasteiger partial charge >= 0.3 is 0 Å². The fourth-order valence-corrected chi connectivity index (χ4v) is 12.8. The van der Waals surface area contributed by atoms with E-state index in [4.69, 9.17) is 23.7 Å². The second kappa shape index (κ2) is 36.2. The van der Waals surface area contributed by atoms with E-state index in [0.717, 1.165) is 48.4 Å². The Bertz CT molecular complexity index is 5920. The van der Waals surface area contributed by atoms with Crippen LogP contribution in [0.15, 0.2) is 280 Å². The van der Waals surface area contributed by atoms with Crippen molar-refractivity contribution >= 4 is 153 Å². The van der Waals surface area contributed by atoms with Crippen molar-refractivity contribution in [2.45, 2.75) is 0 Å². The van der Waals surface area contributed by atoms with E-state index in [-0.39, 0.29) is 100 Å². The molecule has 4 aromatic heterocycles. The zero-order chi connectivity index (χ0) is 81.3. The maximum atomic E-state index is 13.5. The fraction of sp³-hybridized carbons (Fsp3) is 0.0667. The number of hydrogen-bond acceptors (Lipinski definition) is 18. The summed E-state index contributed by atoms with van der Waals surface area (Å²) in [6.07, 6.45) is 3.32. The van der Waals surface area contributed by atoms with Crippen LogP contribution in [0.25, 0.3) is 65.3 Å². The normalized spacial score (nSPS) is 13.3. The highest BCUT2D eigenvalue weighted by Crippen LogP contribution is 2.48. The van der Waals surface area contributed by atoms with Crippen molar-refractivity contribution in [3.63, 3.8) is 0 Å². The van der Waals surface area contributed by atoms with E-state index < -0.39 is 60.5 Å². The number of phenols is 1. The van der Waals surface area contributed by atoms with E-state index >= 15 is 0 Å². The maximum absolute atomic E-state index is 13.5. The van der Waals surface area contributed by atoms with Crippen LogP contribution in [0.5, 0.6) is 34.5 Å². The van der Waals surface area contributed by atoms with Gasteiger partial charge in [0.15, 0.2) is 26.4 Å². The lowest BCUT2D eigenvalue weighted by Crippen LogP contribution is -2.22. The van der Waals surface area contributed by atoms with Gasteiger partial charge in [0.05, 0.1) is 0 Å². The molecule has 6 heterocycles. The molecule has 0 aliphatic carbocycles. The topological polar surface area (TPSA) is 351 Å². The number of carbonyl (C=O) groups is 8. The molecule has 0 fully saturated rings. The Hall–Kier alpha value is -15.6. The molecule has 10 aromatic carbocycles. The molecule has 16 rings (SSSR count). The molecule has 14 aromatic rings. The predicted molar refractivity (Wildman–Crippen MR) is 453 cm³/mol. The number of amides is 8. The minimum atomic E-state index is -0.670. The fourth-order valence-electron chi connectivity index (χ4n) is 12.8. The van der Waals surface area contributed by atoms with Gasteiger partial charge in [-0.05, 0) is 152 Å². The number of fused-ring (bicyclic) bond motifs is 26. The van der Waals surface area contributed by atoms with Crippen LogP contribution in [0, 0.1) is 0 Å². The SMILES string of the molecule is C=CCBr.C=CCOc1cc2cc(c1)C(=O)Nc1cccc(n1)NC(=O)COc1ccc3ccccc3c1-c1c(ccc3ccccc13)OCC(=O)Nc1cccc(n1)NC2=O.O=C1COc2ccc3ccccc3c2-c2c(ccc3ccccc23)OCC(=O)Nc2cccc(n2)NC(=O)c2cc(O)cc(c2)C(=O)Nc2cccc(n2)N1. The number of hydrogen-bond donors (Lipinski definition) is 9. The van der Waals surface area contributed by atoms with Gasteiger partial charge in [-0.3, -0.25) is 38.4 Å². The lowest BCUT2D eigenvalue weighted by molar-refractivity contribution is -0.118. The first kappa shape index (κ1) is 78.1. The van der Waals surface area contributed by atoms with Gasteiger partial charge in [0.2, 0.25) is 0 Å². The highest BCUT2D eigenvalue weighted by Gasteiger charge is 2.26. The molecule has 2 aliphatic rings. The average molecular weight is 1620 g/mol. The summed E-state index contributed by atoms with van der Waals surface area (Å²) in [5.74, 6) is -1.98. The summed E-state index contributed by atoms with van der Waals surface area (Å²) in [4.78, 5) is 124. The average Bonchev–Trinajstić information content (AvgIpc) is 0.772. The summed E-state index contributed by atoms with van der Waals surface area (Å²) in [7, 11) is 0. The molecule has 117 heavy (non-hydrogen) atoms. The molecule has 12 bridgehead atoms. The van der Waals surface area contributed by atoms with Crippen LogP contribution >= 0.6 is 15.9 Å². The third-order valence-corrected chi connectivity index (χ3v) is 18.3. The van der Waals surface area contributed by atoms with Crippen LogP contribution in [-0.2, 0) is 19.2 Å². The Labute approximate surface area is 676 Å². The summed E-state index contributed by atoms with van der Waals surface area (Å²) in [5, 5.41) is 39.8. The smallest absolute Gasteiger partial charge is 0.263 e. The zero-order valence-corrected chi connectivity index (χ0v) is 63.6. The summed E-state index contributed by atoms with van der Waals surface area (Å²) in [6, 6.07) is 72.7. The Balaban J connectivity index is 0.000000184. The lowest BCUT2D eigenvalue weighted by Gasteiger charge is -2.19. The van der Waals surface area contributed by atoms with E-state index in [1.807, 2.05) is 121 Å². The molecule has 0 unspecified atom stereocenters. The van der Waals surface area contributed by atoms with Crippen molar-refractivity contribution in [3.05, 3.63) is 302 Å². The minimum Gasteiger partial charge on any atom is -0.508 e. The highest BCUT2D eigenvalue weighted by molar-refractivity contribution is 9.09. The molecule has 2 aliphatic heterocycles. The number of ether oxygens (including phenoxy) is 5. The summed E-state index contributed by atoms with van der Waals surface area (Å²) < 4.78 is 30.7. The van der Waals surface area contributed by atoms with Gasteiger partial charge in [-0.1, -0.05) is 180 Å². The second-order valence-corrected chi connectivity index (χ2v) is 26.6. The van der Waals surface area contributed by atoms with Crippen LogP contribution in [-0.4, -0.2) is 111 Å². The first-order valence-electron chi connectivity index (χ1n) is 36.3. The molecule has 0 saturated heterocycles. The van der Waals surface area contributed by atoms with Crippen LogP contribution in [0.2, 0.25) is 0 Å². The highest BCUT2D eigenvalue weighted by atomic mass is 79.9. The van der Waals surface area contributed by atoms with E-state index in [1.165, 1.54) is 54.6 Å². The van der Waals surface area contributed by atoms with Crippen molar-refractivity contribution in [1.82, 2.24) is 19.9 Å². The van der Waals surface area contributed by atoms with Crippen LogP contribution in [0.1, 0.15) is 41.4 Å².